The van der Waals surface area contributed by atoms with E-state index in [0.29, 0.717) is 34.2 Å². The zero-order chi connectivity index (χ0) is 36.2. The van der Waals surface area contributed by atoms with Crippen LogP contribution in [-0.4, -0.2) is 29.1 Å². The number of fused-ring (bicyclic) bond motifs is 6. The first-order valence-electron chi connectivity index (χ1n) is 17.4. The molecule has 0 N–H and O–H groups in total. The maximum absolute atomic E-state index is 11.3. The van der Waals surface area contributed by atoms with Crippen molar-refractivity contribution in [2.75, 3.05) is 0 Å². The summed E-state index contributed by atoms with van der Waals surface area (Å²) in [6, 6.07) is 49.3. The van der Waals surface area contributed by atoms with E-state index in [2.05, 4.69) is 102 Å². The number of nitrogens with zero attached hydrogens (tertiary/aromatic N) is 8. The summed E-state index contributed by atoms with van der Waals surface area (Å²) in [5.74, 6) is 1.23. The molecule has 0 bridgehead atoms. The molecule has 0 atom stereocenters. The van der Waals surface area contributed by atoms with Crippen molar-refractivity contribution < 1.29 is 0 Å². The monoisotopic (exact) mass is 690 g/mol. The number of para-hydroxylation sites is 2. The number of hydrogen-bond acceptors (Lipinski definition) is 6. The molecule has 10 rings (SSSR count). The molecule has 0 aliphatic heterocycles. The van der Waals surface area contributed by atoms with Gasteiger partial charge in [0.1, 0.15) is 11.6 Å². The fraction of sp³-hybridized carbons (Fsp3) is 0. The molecule has 4 aromatic heterocycles. The second kappa shape index (κ2) is 12.4. The van der Waals surface area contributed by atoms with E-state index in [1.54, 1.807) is 43.0 Å². The lowest BCUT2D eigenvalue weighted by Gasteiger charge is -2.18. The van der Waals surface area contributed by atoms with Gasteiger partial charge < -0.3 is 9.13 Å². The van der Waals surface area contributed by atoms with Gasteiger partial charge in [0.25, 0.3) is 0 Å². The molecule has 0 fully saturated rings. The largest absolute Gasteiger partial charge is 0.308 e. The van der Waals surface area contributed by atoms with E-state index in [1.807, 2.05) is 54.6 Å². The number of rotatable bonds is 5. The molecule has 0 aliphatic carbocycles. The van der Waals surface area contributed by atoms with Gasteiger partial charge in [-0.25, -0.2) is 19.9 Å². The van der Waals surface area contributed by atoms with Gasteiger partial charge in [-0.3, -0.25) is 0 Å². The highest BCUT2D eigenvalue weighted by Crippen LogP contribution is 2.41. The predicted octanol–water partition coefficient (Wildman–Crippen LogP) is 10.2. The van der Waals surface area contributed by atoms with Crippen LogP contribution in [0.1, 0.15) is 11.1 Å². The summed E-state index contributed by atoms with van der Waals surface area (Å²) in [7, 11) is 0. The Bertz CT molecular complexity index is 3000. The highest BCUT2D eigenvalue weighted by Gasteiger charge is 2.23. The molecule has 250 valence electrons. The van der Waals surface area contributed by atoms with E-state index in [4.69, 9.17) is 0 Å². The minimum atomic E-state index is 0.489. The van der Waals surface area contributed by atoms with Crippen LogP contribution in [0.25, 0.3) is 88.9 Å². The van der Waals surface area contributed by atoms with Crippen LogP contribution >= 0.6 is 0 Å². The first kappa shape index (κ1) is 30.8. The predicted molar refractivity (Wildman–Crippen MR) is 212 cm³/mol. The van der Waals surface area contributed by atoms with Crippen molar-refractivity contribution in [1.82, 2.24) is 29.1 Å². The molecule has 0 aliphatic rings. The van der Waals surface area contributed by atoms with E-state index in [9.17, 15) is 10.5 Å². The Kier molecular flexibility index (Phi) is 7.07. The maximum atomic E-state index is 11.3. The first-order chi connectivity index (χ1) is 26.7. The van der Waals surface area contributed by atoms with Crippen LogP contribution < -0.4 is 0 Å². The summed E-state index contributed by atoms with van der Waals surface area (Å²) in [5.41, 5.74) is 9.63. The summed E-state index contributed by atoms with van der Waals surface area (Å²) in [6.07, 6.45) is 6.95. The number of nitriles is 2. The van der Waals surface area contributed by atoms with Crippen LogP contribution in [0.15, 0.2) is 158 Å². The van der Waals surface area contributed by atoms with E-state index in [0.717, 1.165) is 65.9 Å². The van der Waals surface area contributed by atoms with E-state index in [1.165, 1.54) is 0 Å². The molecule has 6 aromatic carbocycles. The number of aromatic nitrogens is 6. The van der Waals surface area contributed by atoms with Crippen LogP contribution in [0.4, 0.5) is 0 Å². The van der Waals surface area contributed by atoms with Gasteiger partial charge in [0.2, 0.25) is 0 Å². The molecule has 0 unspecified atom stereocenters. The second-order valence-electron chi connectivity index (χ2n) is 13.0. The zero-order valence-electron chi connectivity index (χ0n) is 28.6. The SMILES string of the molecule is N#Cc1cccc(-c2cc(-n3c4ccccc4c4ccc(-c5ncccn5)cc43)c(C#N)c(-n3c4ccccc4c4ccc(-c5ncccn5)cc43)c2)c1. The van der Waals surface area contributed by atoms with Gasteiger partial charge in [-0.15, -0.1) is 0 Å². The normalized spacial score (nSPS) is 11.3. The molecule has 0 saturated heterocycles. The summed E-state index contributed by atoms with van der Waals surface area (Å²) in [5, 5.41) is 25.4. The van der Waals surface area contributed by atoms with Gasteiger partial charge in [-0.1, -0.05) is 72.8 Å². The van der Waals surface area contributed by atoms with E-state index >= 15 is 0 Å². The lowest BCUT2D eigenvalue weighted by Crippen LogP contribution is -2.05. The van der Waals surface area contributed by atoms with Crippen molar-refractivity contribution in [1.29, 1.82) is 10.5 Å². The second-order valence-corrected chi connectivity index (χ2v) is 13.0. The molecule has 8 nitrogen and oxygen atoms in total. The van der Waals surface area contributed by atoms with Crippen LogP contribution in [0.5, 0.6) is 0 Å². The molecular weight excluding hydrogens is 665 g/mol. The van der Waals surface area contributed by atoms with Gasteiger partial charge in [-0.05, 0) is 71.8 Å². The molecule has 10 aromatic rings. The maximum Gasteiger partial charge on any atom is 0.159 e. The van der Waals surface area contributed by atoms with Gasteiger partial charge in [0.05, 0.1) is 45.1 Å². The third-order valence-electron chi connectivity index (χ3n) is 10.0. The Morgan fingerprint density at radius 3 is 1.39 bits per heavy atom. The smallest absolute Gasteiger partial charge is 0.159 e. The highest BCUT2D eigenvalue weighted by atomic mass is 15.0. The van der Waals surface area contributed by atoms with Crippen molar-refractivity contribution in [3.63, 3.8) is 0 Å². The van der Waals surface area contributed by atoms with Crippen LogP contribution in [-0.2, 0) is 0 Å². The highest BCUT2D eigenvalue weighted by molar-refractivity contribution is 6.12. The van der Waals surface area contributed by atoms with Gasteiger partial charge in [-0.2, -0.15) is 10.5 Å². The zero-order valence-corrected chi connectivity index (χ0v) is 28.6. The first-order valence-corrected chi connectivity index (χ1v) is 17.4. The van der Waals surface area contributed by atoms with E-state index < -0.39 is 0 Å². The summed E-state index contributed by atoms with van der Waals surface area (Å²) in [6.45, 7) is 0. The van der Waals surface area contributed by atoms with E-state index in [-0.39, 0.29) is 0 Å². The van der Waals surface area contributed by atoms with Crippen LogP contribution in [0, 0.1) is 22.7 Å². The number of benzene rings is 6. The topological polar surface area (TPSA) is 109 Å². The van der Waals surface area contributed by atoms with Crippen molar-refractivity contribution in [2.24, 2.45) is 0 Å². The fourth-order valence-electron chi connectivity index (χ4n) is 7.65. The lowest BCUT2D eigenvalue weighted by atomic mass is 9.98. The van der Waals surface area contributed by atoms with Crippen molar-refractivity contribution in [3.8, 4) is 57.4 Å². The fourth-order valence-corrected chi connectivity index (χ4v) is 7.65. The Balaban J connectivity index is 1.35. The van der Waals surface area contributed by atoms with Crippen molar-refractivity contribution >= 4 is 43.6 Å². The molecule has 54 heavy (non-hydrogen) atoms. The van der Waals surface area contributed by atoms with Gasteiger partial charge in [0, 0.05) is 57.5 Å². The standard InChI is InChI=1S/C46H26N8/c47-27-29-8-5-9-30(22-29)33-25-43(53-39-12-3-1-10-34(39)36-16-14-31(23-41(36)53)45-49-18-6-19-50-45)38(28-48)44(26-33)54-40-13-4-2-11-35(40)37-17-15-32(24-42(37)54)46-51-20-7-21-52-46/h1-26H. The quantitative estimate of drug-likeness (QED) is 0.178. The van der Waals surface area contributed by atoms with Crippen LogP contribution in [0.2, 0.25) is 0 Å². The summed E-state index contributed by atoms with van der Waals surface area (Å²) in [4.78, 5) is 18.2. The molecule has 0 spiro atoms. The minimum Gasteiger partial charge on any atom is -0.308 e. The third kappa shape index (κ3) is 4.83. The average molecular weight is 691 g/mol. The molecule has 4 heterocycles. The van der Waals surface area contributed by atoms with Crippen molar-refractivity contribution in [3.05, 3.63) is 169 Å². The van der Waals surface area contributed by atoms with Crippen molar-refractivity contribution in [2.45, 2.75) is 0 Å². The van der Waals surface area contributed by atoms with Gasteiger partial charge in [0.15, 0.2) is 11.6 Å². The molecule has 8 heteroatoms. The van der Waals surface area contributed by atoms with Crippen LogP contribution in [0.3, 0.4) is 0 Å². The number of hydrogen-bond donors (Lipinski definition) is 0. The summed E-state index contributed by atoms with van der Waals surface area (Å²) >= 11 is 0. The Morgan fingerprint density at radius 1 is 0.389 bits per heavy atom. The molecule has 0 radical (unpaired) electrons. The molecular formula is C46H26N8. The Morgan fingerprint density at radius 2 is 0.889 bits per heavy atom. The Labute approximate surface area is 309 Å². The molecule has 0 amide bonds. The Hall–Kier alpha value is -7.94. The summed E-state index contributed by atoms with van der Waals surface area (Å²) < 4.78 is 4.35. The average Bonchev–Trinajstić information content (AvgIpc) is 3.75. The van der Waals surface area contributed by atoms with Gasteiger partial charge >= 0.3 is 0 Å². The minimum absolute atomic E-state index is 0.489. The molecule has 0 saturated carbocycles. The lowest BCUT2D eigenvalue weighted by molar-refractivity contribution is 1.12. The third-order valence-corrected chi connectivity index (χ3v) is 10.0.